The normalized spacial score (nSPS) is 20.2. The molecule has 0 aliphatic carbocycles. The lowest BCUT2D eigenvalue weighted by Crippen LogP contribution is -2.40. The van der Waals surface area contributed by atoms with Crippen molar-refractivity contribution in [2.45, 2.75) is 63.5 Å². The quantitative estimate of drug-likeness (QED) is 0.375. The zero-order valence-corrected chi connectivity index (χ0v) is 19.9. The molecule has 2 aromatic carbocycles. The smallest absolute Gasteiger partial charge is 0.416 e. The molecule has 1 heterocycles. The molecule has 0 aromatic heterocycles. The lowest BCUT2D eigenvalue weighted by molar-refractivity contribution is -0.139. The molecule has 35 heavy (non-hydrogen) atoms. The molecular formula is C25H28ClF6NO2. The van der Waals surface area contributed by atoms with Gasteiger partial charge in [0.15, 0.2) is 0 Å². The SMILES string of the molecule is CCCC(c1ccc(C(F)(F)F)cc1)N1CCC(CC(=O)O)CC1c1ccc(C(F)(F)F)cc1.Cl. The summed E-state index contributed by atoms with van der Waals surface area (Å²) < 4.78 is 78.3. The number of piperidine rings is 1. The molecule has 1 fully saturated rings. The predicted octanol–water partition coefficient (Wildman–Crippen LogP) is 7.92. The van der Waals surface area contributed by atoms with Gasteiger partial charge in [0.2, 0.25) is 0 Å². The van der Waals surface area contributed by atoms with Crippen molar-refractivity contribution in [3.8, 4) is 0 Å². The number of carbonyl (C=O) groups is 1. The van der Waals surface area contributed by atoms with Gasteiger partial charge < -0.3 is 5.11 Å². The zero-order chi connectivity index (χ0) is 25.1. The predicted molar refractivity (Wildman–Crippen MR) is 122 cm³/mol. The van der Waals surface area contributed by atoms with Crippen molar-refractivity contribution in [1.29, 1.82) is 0 Å². The molecule has 3 nitrogen and oxygen atoms in total. The van der Waals surface area contributed by atoms with E-state index in [1.165, 1.54) is 24.3 Å². The summed E-state index contributed by atoms with van der Waals surface area (Å²) in [5.41, 5.74) is -0.181. The molecule has 0 bridgehead atoms. The minimum absolute atomic E-state index is 0. The zero-order valence-electron chi connectivity index (χ0n) is 19.1. The first-order valence-electron chi connectivity index (χ1n) is 11.2. The van der Waals surface area contributed by atoms with Crippen LogP contribution >= 0.6 is 12.4 Å². The molecule has 0 spiro atoms. The number of alkyl halides is 6. The van der Waals surface area contributed by atoms with E-state index in [4.69, 9.17) is 0 Å². The van der Waals surface area contributed by atoms with Crippen molar-refractivity contribution in [1.82, 2.24) is 4.90 Å². The summed E-state index contributed by atoms with van der Waals surface area (Å²) in [6.45, 7) is 2.46. The molecule has 3 atom stereocenters. The van der Waals surface area contributed by atoms with Crippen LogP contribution in [-0.2, 0) is 17.1 Å². The third-order valence-corrected chi connectivity index (χ3v) is 6.42. The molecule has 0 radical (unpaired) electrons. The Kier molecular flexibility index (Phi) is 9.64. The number of nitrogens with zero attached hydrogens (tertiary/aromatic N) is 1. The Morgan fingerprint density at radius 1 is 0.971 bits per heavy atom. The maximum Gasteiger partial charge on any atom is 0.416 e. The summed E-state index contributed by atoms with van der Waals surface area (Å²) in [7, 11) is 0. The van der Waals surface area contributed by atoms with Crippen molar-refractivity contribution >= 4 is 18.4 Å². The van der Waals surface area contributed by atoms with Gasteiger partial charge in [-0.25, -0.2) is 0 Å². The molecule has 3 rings (SSSR count). The maximum atomic E-state index is 13.1. The Morgan fingerprint density at radius 2 is 1.49 bits per heavy atom. The monoisotopic (exact) mass is 523 g/mol. The number of rotatable bonds is 7. The summed E-state index contributed by atoms with van der Waals surface area (Å²) in [5.74, 6) is -1.08. The maximum absolute atomic E-state index is 13.1. The van der Waals surface area contributed by atoms with E-state index < -0.39 is 29.4 Å². The van der Waals surface area contributed by atoms with Crippen LogP contribution in [0.15, 0.2) is 48.5 Å². The fourth-order valence-corrected chi connectivity index (χ4v) is 4.78. The van der Waals surface area contributed by atoms with Crippen LogP contribution in [-0.4, -0.2) is 22.5 Å². The molecule has 10 heteroatoms. The van der Waals surface area contributed by atoms with Gasteiger partial charge in [-0.3, -0.25) is 9.69 Å². The third kappa shape index (κ3) is 7.36. The molecule has 1 aliphatic rings. The molecule has 1 aliphatic heterocycles. The molecule has 3 unspecified atom stereocenters. The Bertz CT molecular complexity index is 960. The second-order valence-corrected chi connectivity index (χ2v) is 8.79. The highest BCUT2D eigenvalue weighted by atomic mass is 35.5. The number of likely N-dealkylation sites (tertiary alicyclic amines) is 1. The van der Waals surface area contributed by atoms with Gasteiger partial charge in [0.05, 0.1) is 11.1 Å². The topological polar surface area (TPSA) is 40.5 Å². The van der Waals surface area contributed by atoms with Gasteiger partial charge in [0, 0.05) is 18.5 Å². The standard InChI is InChI=1S/C25H27F6NO2.ClH/c1-2-3-21(17-4-8-19(9-5-17)24(26,27)28)32-13-12-16(15-23(33)34)14-22(32)18-6-10-20(11-7-18)25(29,30)31;/h4-11,16,21-22H,2-3,12-15H2,1H3,(H,33,34);1H. The lowest BCUT2D eigenvalue weighted by atomic mass is 9.82. The number of aliphatic carboxylic acids is 1. The Balaban J connectivity index is 0.00000432. The van der Waals surface area contributed by atoms with Crippen LogP contribution in [0.3, 0.4) is 0 Å². The summed E-state index contributed by atoms with van der Waals surface area (Å²) in [6.07, 6.45) is -6.53. The number of carboxylic acids is 1. The molecular weight excluding hydrogens is 496 g/mol. The number of halogens is 7. The van der Waals surface area contributed by atoms with Gasteiger partial charge >= 0.3 is 18.3 Å². The minimum atomic E-state index is -4.47. The lowest BCUT2D eigenvalue weighted by Gasteiger charge is -2.44. The van der Waals surface area contributed by atoms with Crippen molar-refractivity contribution in [2.75, 3.05) is 6.54 Å². The van der Waals surface area contributed by atoms with E-state index in [1.807, 2.05) is 6.92 Å². The van der Waals surface area contributed by atoms with E-state index in [0.29, 0.717) is 36.9 Å². The molecule has 0 amide bonds. The molecule has 194 valence electrons. The number of hydrogen-bond donors (Lipinski definition) is 1. The van der Waals surface area contributed by atoms with Crippen LogP contribution in [0.25, 0.3) is 0 Å². The Hall–Kier alpha value is -2.26. The first-order chi connectivity index (χ1) is 15.9. The van der Waals surface area contributed by atoms with Crippen LogP contribution < -0.4 is 0 Å². The Morgan fingerprint density at radius 3 is 1.94 bits per heavy atom. The van der Waals surface area contributed by atoms with E-state index >= 15 is 0 Å². The van der Waals surface area contributed by atoms with Crippen LogP contribution in [0.1, 0.15) is 73.4 Å². The first-order valence-corrected chi connectivity index (χ1v) is 11.2. The highest BCUT2D eigenvalue weighted by Gasteiger charge is 2.37. The summed E-state index contributed by atoms with van der Waals surface area (Å²) in [6, 6.07) is 9.27. The fraction of sp³-hybridized carbons (Fsp3) is 0.480. The van der Waals surface area contributed by atoms with E-state index in [1.54, 1.807) is 0 Å². The van der Waals surface area contributed by atoms with Gasteiger partial charge in [0.1, 0.15) is 0 Å². The van der Waals surface area contributed by atoms with Gasteiger partial charge in [0.25, 0.3) is 0 Å². The first kappa shape index (κ1) is 29.0. The van der Waals surface area contributed by atoms with Crippen LogP contribution in [0, 0.1) is 5.92 Å². The highest BCUT2D eigenvalue weighted by molar-refractivity contribution is 5.85. The second-order valence-electron chi connectivity index (χ2n) is 8.79. The largest absolute Gasteiger partial charge is 0.481 e. The van der Waals surface area contributed by atoms with E-state index in [2.05, 4.69) is 4.90 Å². The summed E-state index contributed by atoms with van der Waals surface area (Å²) >= 11 is 0. The van der Waals surface area contributed by atoms with Crippen LogP contribution in [0.5, 0.6) is 0 Å². The van der Waals surface area contributed by atoms with Gasteiger partial charge in [-0.15, -0.1) is 12.4 Å². The number of carboxylic acid groups (broad SMARTS) is 1. The van der Waals surface area contributed by atoms with E-state index in [-0.39, 0.29) is 36.8 Å². The average molecular weight is 524 g/mol. The molecule has 1 saturated heterocycles. The van der Waals surface area contributed by atoms with Gasteiger partial charge in [-0.1, -0.05) is 37.6 Å². The minimum Gasteiger partial charge on any atom is -0.481 e. The van der Waals surface area contributed by atoms with Crippen molar-refractivity contribution < 1.29 is 36.2 Å². The van der Waals surface area contributed by atoms with Crippen LogP contribution in [0.2, 0.25) is 0 Å². The highest BCUT2D eigenvalue weighted by Crippen LogP contribution is 2.43. The van der Waals surface area contributed by atoms with E-state index in [0.717, 1.165) is 30.7 Å². The third-order valence-electron chi connectivity index (χ3n) is 6.42. The second kappa shape index (κ2) is 11.6. The summed E-state index contributed by atoms with van der Waals surface area (Å²) in [4.78, 5) is 13.4. The van der Waals surface area contributed by atoms with Gasteiger partial charge in [-0.05, 0) is 67.1 Å². The van der Waals surface area contributed by atoms with Crippen molar-refractivity contribution in [3.63, 3.8) is 0 Å². The molecule has 2 aromatic rings. The number of benzene rings is 2. The van der Waals surface area contributed by atoms with E-state index in [9.17, 15) is 36.2 Å². The molecule has 1 N–H and O–H groups in total. The Labute approximate surface area is 206 Å². The molecule has 0 saturated carbocycles. The van der Waals surface area contributed by atoms with Crippen molar-refractivity contribution in [2.24, 2.45) is 5.92 Å². The fourth-order valence-electron chi connectivity index (χ4n) is 4.78. The number of hydrogen-bond acceptors (Lipinski definition) is 2. The van der Waals surface area contributed by atoms with Crippen molar-refractivity contribution in [3.05, 3.63) is 70.8 Å². The van der Waals surface area contributed by atoms with Crippen LogP contribution in [0.4, 0.5) is 26.3 Å². The summed E-state index contributed by atoms with van der Waals surface area (Å²) in [5, 5.41) is 9.25. The van der Waals surface area contributed by atoms with Gasteiger partial charge in [-0.2, -0.15) is 26.3 Å². The average Bonchev–Trinajstić information content (AvgIpc) is 2.76.